The Balaban J connectivity index is 1.30. The number of halogens is 3. The van der Waals surface area contributed by atoms with Crippen molar-refractivity contribution in [3.63, 3.8) is 0 Å². The summed E-state index contributed by atoms with van der Waals surface area (Å²) in [5.41, 5.74) is 1.89. The van der Waals surface area contributed by atoms with E-state index in [1.54, 1.807) is 24.3 Å². The third kappa shape index (κ3) is 4.40. The molecule has 2 aromatic carbocycles. The molecule has 13 heteroatoms. The molecule has 2 saturated heterocycles. The highest BCUT2D eigenvalue weighted by Crippen LogP contribution is 2.40. The van der Waals surface area contributed by atoms with E-state index >= 15 is 0 Å². The van der Waals surface area contributed by atoms with Crippen LogP contribution in [0.15, 0.2) is 52.9 Å². The number of para-hydroxylation sites is 3. The van der Waals surface area contributed by atoms with Crippen molar-refractivity contribution in [2.45, 2.75) is 43.6 Å². The van der Waals surface area contributed by atoms with Gasteiger partial charge in [0, 0.05) is 31.1 Å². The second-order valence-electron chi connectivity index (χ2n) is 10.2. The molecule has 2 aliphatic rings. The number of alkyl halides is 3. The summed E-state index contributed by atoms with van der Waals surface area (Å²) in [6, 6.07) is 13.4. The number of anilines is 1. The molecule has 3 aromatic heterocycles. The third-order valence-electron chi connectivity index (χ3n) is 7.67. The van der Waals surface area contributed by atoms with E-state index in [0.717, 1.165) is 23.9 Å². The number of nitrogens with zero attached hydrogens (tertiary/aromatic N) is 5. The molecule has 212 valence electrons. The van der Waals surface area contributed by atoms with Crippen LogP contribution in [-0.2, 0) is 15.7 Å². The molecule has 10 nitrogen and oxygen atoms in total. The summed E-state index contributed by atoms with van der Waals surface area (Å²) in [5.74, 6) is -2.83. The molecule has 2 fully saturated rings. The molecule has 0 saturated carbocycles. The maximum atomic E-state index is 13.9. The average Bonchev–Trinajstić information content (AvgIpc) is 3.66. The maximum Gasteiger partial charge on any atom is 0.451 e. The minimum Gasteiger partial charge on any atom is -0.480 e. The highest BCUT2D eigenvalue weighted by atomic mass is 19.4. The van der Waals surface area contributed by atoms with Crippen molar-refractivity contribution in [3.05, 3.63) is 54.4 Å². The summed E-state index contributed by atoms with van der Waals surface area (Å²) in [6.07, 6.45) is -4.04. The largest absolute Gasteiger partial charge is 0.480 e. The number of ether oxygens (including phenoxy) is 2. The van der Waals surface area contributed by atoms with Gasteiger partial charge in [0.1, 0.15) is 23.2 Å². The van der Waals surface area contributed by atoms with E-state index in [1.165, 1.54) is 4.90 Å². The zero-order chi connectivity index (χ0) is 28.3. The van der Waals surface area contributed by atoms with Gasteiger partial charge in [0.05, 0.1) is 17.6 Å². The summed E-state index contributed by atoms with van der Waals surface area (Å²) < 4.78 is 61.5. The molecular formula is C28H24F3N5O5. The van der Waals surface area contributed by atoms with Gasteiger partial charge in [-0.15, -0.1) is 0 Å². The molecule has 2 atom stereocenters. The Morgan fingerprint density at radius 3 is 2.56 bits per heavy atom. The number of hydrogen-bond acceptors (Lipinski definition) is 8. The van der Waals surface area contributed by atoms with Crippen LogP contribution in [0.4, 0.5) is 19.0 Å². The number of hydrogen-bond donors (Lipinski definition) is 1. The molecule has 7 rings (SSSR count). The summed E-state index contributed by atoms with van der Waals surface area (Å²) in [6.45, 7) is 1.14. The number of fused-ring (bicyclic) bond motifs is 4. The van der Waals surface area contributed by atoms with Gasteiger partial charge in [0.15, 0.2) is 11.4 Å². The Kier molecular flexibility index (Phi) is 6.00. The van der Waals surface area contributed by atoms with Crippen LogP contribution < -0.4 is 9.64 Å². The first-order valence-electron chi connectivity index (χ1n) is 13.2. The highest BCUT2D eigenvalue weighted by molar-refractivity contribution is 6.06. The molecule has 0 radical (unpaired) electrons. The lowest BCUT2D eigenvalue weighted by Gasteiger charge is -2.26. The Bertz CT molecular complexity index is 1780. The topological polar surface area (TPSA) is 116 Å². The van der Waals surface area contributed by atoms with E-state index in [1.807, 2.05) is 28.8 Å². The molecular weight excluding hydrogens is 543 g/mol. The number of benzene rings is 2. The number of furan rings is 1. The number of aliphatic carboxylic acids is 1. The minimum atomic E-state index is -4.86. The first kappa shape index (κ1) is 25.6. The van der Waals surface area contributed by atoms with Gasteiger partial charge in [0.2, 0.25) is 5.82 Å². The SMILES string of the molecule is O=C(O)[C@@H]1C[C@H](Oc2nc3ccccc3n2C2CCOCC2)CN1c1nc(C(F)(F)F)nc2c1oc1ccccc12. The van der Waals surface area contributed by atoms with E-state index in [4.69, 9.17) is 13.9 Å². The molecule has 0 bridgehead atoms. The molecule has 5 aromatic rings. The van der Waals surface area contributed by atoms with Gasteiger partial charge in [-0.2, -0.15) is 18.2 Å². The van der Waals surface area contributed by atoms with E-state index in [9.17, 15) is 23.1 Å². The lowest BCUT2D eigenvalue weighted by atomic mass is 10.1. The van der Waals surface area contributed by atoms with Crippen molar-refractivity contribution >= 4 is 44.9 Å². The summed E-state index contributed by atoms with van der Waals surface area (Å²) >= 11 is 0. The molecule has 41 heavy (non-hydrogen) atoms. The predicted octanol–water partition coefficient (Wildman–Crippen LogP) is 5.21. The fourth-order valence-electron chi connectivity index (χ4n) is 5.80. The quantitative estimate of drug-likeness (QED) is 0.306. The van der Waals surface area contributed by atoms with E-state index in [0.29, 0.717) is 30.2 Å². The number of rotatable bonds is 5. The number of carboxylic acid groups (broad SMARTS) is 1. The monoisotopic (exact) mass is 567 g/mol. The van der Waals surface area contributed by atoms with Crippen LogP contribution in [0.2, 0.25) is 0 Å². The second kappa shape index (κ2) is 9.61. The molecule has 0 spiro atoms. The van der Waals surface area contributed by atoms with Crippen LogP contribution in [0.5, 0.6) is 6.01 Å². The van der Waals surface area contributed by atoms with E-state index < -0.39 is 30.1 Å². The zero-order valence-electron chi connectivity index (χ0n) is 21.5. The first-order chi connectivity index (χ1) is 19.8. The molecule has 0 amide bonds. The van der Waals surface area contributed by atoms with Gasteiger partial charge >= 0.3 is 12.1 Å². The Morgan fingerprint density at radius 2 is 1.78 bits per heavy atom. The fourth-order valence-corrected chi connectivity index (χ4v) is 5.80. The van der Waals surface area contributed by atoms with E-state index in [2.05, 4.69) is 15.0 Å². The lowest BCUT2D eigenvalue weighted by molar-refractivity contribution is -0.144. The third-order valence-corrected chi connectivity index (χ3v) is 7.67. The van der Waals surface area contributed by atoms with Crippen LogP contribution in [0.25, 0.3) is 33.1 Å². The molecule has 5 heterocycles. The Morgan fingerprint density at radius 1 is 1.02 bits per heavy atom. The smallest absolute Gasteiger partial charge is 0.451 e. The van der Waals surface area contributed by atoms with Crippen molar-refractivity contribution in [3.8, 4) is 6.01 Å². The van der Waals surface area contributed by atoms with Crippen molar-refractivity contribution in [2.24, 2.45) is 0 Å². The van der Waals surface area contributed by atoms with Gasteiger partial charge < -0.3 is 23.9 Å². The number of aromatic nitrogens is 4. The Labute approximate surface area is 230 Å². The van der Waals surface area contributed by atoms with Crippen molar-refractivity contribution in [1.82, 2.24) is 19.5 Å². The second-order valence-corrected chi connectivity index (χ2v) is 10.2. The van der Waals surface area contributed by atoms with Crippen LogP contribution in [0, 0.1) is 0 Å². The van der Waals surface area contributed by atoms with Crippen LogP contribution in [-0.4, -0.2) is 62.5 Å². The van der Waals surface area contributed by atoms with Gasteiger partial charge in [-0.25, -0.2) is 14.8 Å². The van der Waals surface area contributed by atoms with Crippen LogP contribution in [0.3, 0.4) is 0 Å². The van der Waals surface area contributed by atoms with Gasteiger partial charge in [-0.05, 0) is 37.1 Å². The van der Waals surface area contributed by atoms with E-state index in [-0.39, 0.29) is 35.9 Å². The summed E-state index contributed by atoms with van der Waals surface area (Å²) in [7, 11) is 0. The van der Waals surface area contributed by atoms with Crippen molar-refractivity contribution in [1.29, 1.82) is 0 Å². The first-order valence-corrected chi connectivity index (χ1v) is 13.2. The Hall–Kier alpha value is -4.39. The maximum absolute atomic E-state index is 13.9. The molecule has 1 N–H and O–H groups in total. The normalized spacial score (nSPS) is 20.4. The van der Waals surface area contributed by atoms with Gasteiger partial charge in [-0.1, -0.05) is 24.3 Å². The average molecular weight is 568 g/mol. The zero-order valence-corrected chi connectivity index (χ0v) is 21.5. The molecule has 2 aliphatic heterocycles. The summed E-state index contributed by atoms with van der Waals surface area (Å²) in [4.78, 5) is 25.9. The van der Waals surface area contributed by atoms with Crippen LogP contribution in [0.1, 0.15) is 31.1 Å². The highest BCUT2D eigenvalue weighted by Gasteiger charge is 2.43. The van der Waals surface area contributed by atoms with Crippen LogP contribution >= 0.6 is 0 Å². The molecule has 0 aliphatic carbocycles. The number of imidazole rings is 1. The van der Waals surface area contributed by atoms with Crippen molar-refractivity contribution in [2.75, 3.05) is 24.7 Å². The lowest BCUT2D eigenvalue weighted by Crippen LogP contribution is -2.37. The standard InChI is InChI=1S/C28H24F3N5O5/c29-28(30,31)26-33-22-17-5-1-4-8-21(17)41-23(22)24(34-26)35-14-16(13-20(35)25(37)38)40-27-32-18-6-2-3-7-19(18)36(27)15-9-11-39-12-10-15/h1-8,15-16,20H,9-14H2,(H,37,38)/t16-,20-/m0/s1. The number of carboxylic acids is 1. The summed E-state index contributed by atoms with van der Waals surface area (Å²) in [5, 5.41) is 10.5. The predicted molar refractivity (Wildman–Crippen MR) is 141 cm³/mol. The fraction of sp³-hybridized carbons (Fsp3) is 0.357. The van der Waals surface area contributed by atoms with Gasteiger partial charge in [0.25, 0.3) is 6.01 Å². The van der Waals surface area contributed by atoms with Gasteiger partial charge in [-0.3, -0.25) is 4.57 Å². The minimum absolute atomic E-state index is 0.000603. The van der Waals surface area contributed by atoms with Crippen molar-refractivity contribution < 1.29 is 37.0 Å². The molecule has 0 unspecified atom stereocenters. The number of carbonyl (C=O) groups is 1.